The Labute approximate surface area is 145 Å². The first-order valence-corrected chi connectivity index (χ1v) is 8.29. The summed E-state index contributed by atoms with van der Waals surface area (Å²) in [5.74, 6) is 1.71. The summed E-state index contributed by atoms with van der Waals surface area (Å²) in [6.45, 7) is 13.7. The SMILES string of the molecule is C=C/C=C(\C=C)CN1CCN(Cc2ccc(OC)cc2OC)CC1. The Kier molecular flexibility index (Phi) is 7.09. The fourth-order valence-electron chi connectivity index (χ4n) is 2.92. The molecular weight excluding hydrogens is 300 g/mol. The Morgan fingerprint density at radius 2 is 1.79 bits per heavy atom. The summed E-state index contributed by atoms with van der Waals surface area (Å²) < 4.78 is 10.8. The summed E-state index contributed by atoms with van der Waals surface area (Å²) in [5, 5.41) is 0. The molecule has 1 fully saturated rings. The second kappa shape index (κ2) is 9.30. The largest absolute Gasteiger partial charge is 0.497 e. The first-order valence-electron chi connectivity index (χ1n) is 8.29. The van der Waals surface area contributed by atoms with Crippen LogP contribution < -0.4 is 9.47 Å². The molecule has 4 nitrogen and oxygen atoms in total. The topological polar surface area (TPSA) is 24.9 Å². The van der Waals surface area contributed by atoms with Gasteiger partial charge in [0.1, 0.15) is 11.5 Å². The molecule has 0 aliphatic carbocycles. The van der Waals surface area contributed by atoms with E-state index in [0.717, 1.165) is 50.8 Å². The third kappa shape index (κ3) is 4.98. The van der Waals surface area contributed by atoms with Gasteiger partial charge in [-0.1, -0.05) is 37.5 Å². The number of piperazine rings is 1. The van der Waals surface area contributed by atoms with Crippen LogP contribution >= 0.6 is 0 Å². The van der Waals surface area contributed by atoms with Crippen LogP contribution in [0.5, 0.6) is 11.5 Å². The molecule has 0 spiro atoms. The van der Waals surface area contributed by atoms with Crippen molar-refractivity contribution in [3.05, 3.63) is 60.7 Å². The molecule has 0 unspecified atom stereocenters. The van der Waals surface area contributed by atoms with Crippen molar-refractivity contribution in [2.75, 3.05) is 46.9 Å². The first-order chi connectivity index (χ1) is 11.7. The Morgan fingerprint density at radius 3 is 2.38 bits per heavy atom. The van der Waals surface area contributed by atoms with E-state index in [9.17, 15) is 0 Å². The van der Waals surface area contributed by atoms with Crippen molar-refractivity contribution in [2.45, 2.75) is 6.54 Å². The van der Waals surface area contributed by atoms with Gasteiger partial charge in [-0.05, 0) is 11.6 Å². The van der Waals surface area contributed by atoms with E-state index in [1.807, 2.05) is 30.4 Å². The van der Waals surface area contributed by atoms with Gasteiger partial charge in [-0.25, -0.2) is 0 Å². The molecule has 1 saturated heterocycles. The molecule has 0 bridgehead atoms. The lowest BCUT2D eigenvalue weighted by atomic mass is 10.1. The van der Waals surface area contributed by atoms with Gasteiger partial charge in [0.2, 0.25) is 0 Å². The number of allylic oxidation sites excluding steroid dienone is 2. The number of methoxy groups -OCH3 is 2. The third-order valence-corrected chi connectivity index (χ3v) is 4.35. The van der Waals surface area contributed by atoms with E-state index in [0.29, 0.717) is 0 Å². The molecule has 0 radical (unpaired) electrons. The van der Waals surface area contributed by atoms with E-state index >= 15 is 0 Å². The second-order valence-electron chi connectivity index (χ2n) is 5.91. The monoisotopic (exact) mass is 328 g/mol. The van der Waals surface area contributed by atoms with Crippen molar-refractivity contribution in [3.63, 3.8) is 0 Å². The highest BCUT2D eigenvalue weighted by molar-refractivity contribution is 5.40. The zero-order valence-electron chi connectivity index (χ0n) is 14.8. The fourth-order valence-corrected chi connectivity index (χ4v) is 2.92. The predicted molar refractivity (Wildman–Crippen MR) is 99.7 cm³/mol. The van der Waals surface area contributed by atoms with E-state index in [2.05, 4.69) is 29.0 Å². The van der Waals surface area contributed by atoms with Gasteiger partial charge in [-0.2, -0.15) is 0 Å². The van der Waals surface area contributed by atoms with Gasteiger partial charge in [-0.15, -0.1) is 0 Å². The molecule has 0 atom stereocenters. The molecule has 1 aliphatic heterocycles. The van der Waals surface area contributed by atoms with Crippen LogP contribution in [0.3, 0.4) is 0 Å². The molecule has 1 aliphatic rings. The van der Waals surface area contributed by atoms with Gasteiger partial charge in [0.15, 0.2) is 0 Å². The van der Waals surface area contributed by atoms with Crippen LogP contribution in [0.25, 0.3) is 0 Å². The molecule has 1 aromatic carbocycles. The third-order valence-electron chi connectivity index (χ3n) is 4.35. The molecular formula is C20H28N2O2. The van der Waals surface area contributed by atoms with E-state index in [1.165, 1.54) is 11.1 Å². The Bertz CT molecular complexity index is 587. The molecule has 130 valence electrons. The molecule has 4 heteroatoms. The van der Waals surface area contributed by atoms with Gasteiger partial charge < -0.3 is 9.47 Å². The van der Waals surface area contributed by atoms with Crippen molar-refractivity contribution >= 4 is 0 Å². The van der Waals surface area contributed by atoms with Crippen LogP contribution in [0.15, 0.2) is 55.2 Å². The van der Waals surface area contributed by atoms with Crippen LogP contribution in [0.4, 0.5) is 0 Å². The molecule has 0 N–H and O–H groups in total. The highest BCUT2D eigenvalue weighted by Gasteiger charge is 2.18. The lowest BCUT2D eigenvalue weighted by Gasteiger charge is -2.35. The summed E-state index contributed by atoms with van der Waals surface area (Å²) >= 11 is 0. The highest BCUT2D eigenvalue weighted by Crippen LogP contribution is 2.26. The quantitative estimate of drug-likeness (QED) is 0.685. The van der Waals surface area contributed by atoms with Gasteiger partial charge >= 0.3 is 0 Å². The van der Waals surface area contributed by atoms with E-state index in [1.54, 1.807) is 14.2 Å². The predicted octanol–water partition coefficient (Wildman–Crippen LogP) is 3.12. The lowest BCUT2D eigenvalue weighted by molar-refractivity contribution is 0.134. The number of hydrogen-bond acceptors (Lipinski definition) is 4. The maximum Gasteiger partial charge on any atom is 0.127 e. The standard InChI is InChI=1S/C20H28N2O2/c1-5-7-17(6-2)15-21-10-12-22(13-11-21)16-18-8-9-19(23-3)14-20(18)24-4/h5-9,14H,1-2,10-13,15-16H2,3-4H3/b17-7+. The van der Waals surface area contributed by atoms with E-state index < -0.39 is 0 Å². The molecule has 0 saturated carbocycles. The smallest absolute Gasteiger partial charge is 0.127 e. The number of nitrogens with zero attached hydrogens (tertiary/aromatic N) is 2. The molecule has 24 heavy (non-hydrogen) atoms. The lowest BCUT2D eigenvalue weighted by Crippen LogP contribution is -2.46. The van der Waals surface area contributed by atoms with Crippen LogP contribution in [-0.2, 0) is 6.54 Å². The molecule has 1 aromatic rings. The number of hydrogen-bond donors (Lipinski definition) is 0. The second-order valence-corrected chi connectivity index (χ2v) is 5.91. The summed E-state index contributed by atoms with van der Waals surface area (Å²) in [5.41, 5.74) is 2.42. The van der Waals surface area contributed by atoms with Gasteiger partial charge in [0, 0.05) is 50.9 Å². The van der Waals surface area contributed by atoms with Crippen LogP contribution in [0, 0.1) is 0 Å². The van der Waals surface area contributed by atoms with Gasteiger partial charge in [0.05, 0.1) is 14.2 Å². The Morgan fingerprint density at radius 1 is 1.08 bits per heavy atom. The van der Waals surface area contributed by atoms with Crippen LogP contribution in [-0.4, -0.2) is 56.7 Å². The van der Waals surface area contributed by atoms with Crippen molar-refractivity contribution in [2.24, 2.45) is 0 Å². The maximum absolute atomic E-state index is 5.50. The molecule has 0 amide bonds. The molecule has 0 aromatic heterocycles. The normalized spacial score (nSPS) is 16.7. The maximum atomic E-state index is 5.50. The van der Waals surface area contributed by atoms with Crippen molar-refractivity contribution in [3.8, 4) is 11.5 Å². The average molecular weight is 328 g/mol. The summed E-state index contributed by atoms with van der Waals surface area (Å²) in [6, 6.07) is 6.03. The van der Waals surface area contributed by atoms with Crippen LogP contribution in [0.1, 0.15) is 5.56 Å². The highest BCUT2D eigenvalue weighted by atomic mass is 16.5. The van der Waals surface area contributed by atoms with Gasteiger partial charge in [-0.3, -0.25) is 9.80 Å². The number of ether oxygens (including phenoxy) is 2. The average Bonchev–Trinajstić information content (AvgIpc) is 2.63. The summed E-state index contributed by atoms with van der Waals surface area (Å²) in [7, 11) is 3.38. The van der Waals surface area contributed by atoms with Gasteiger partial charge in [0.25, 0.3) is 0 Å². The minimum absolute atomic E-state index is 0.825. The minimum Gasteiger partial charge on any atom is -0.497 e. The number of benzene rings is 1. The summed E-state index contributed by atoms with van der Waals surface area (Å²) in [6.07, 6.45) is 5.76. The zero-order valence-corrected chi connectivity index (χ0v) is 14.8. The van der Waals surface area contributed by atoms with E-state index in [-0.39, 0.29) is 0 Å². The zero-order chi connectivity index (χ0) is 17.4. The summed E-state index contributed by atoms with van der Waals surface area (Å²) in [4.78, 5) is 4.92. The fraction of sp³-hybridized carbons (Fsp3) is 0.400. The molecule has 1 heterocycles. The van der Waals surface area contributed by atoms with E-state index in [4.69, 9.17) is 9.47 Å². The van der Waals surface area contributed by atoms with Crippen molar-refractivity contribution in [1.29, 1.82) is 0 Å². The molecule has 2 rings (SSSR count). The first kappa shape index (κ1) is 18.3. The van der Waals surface area contributed by atoms with Crippen LogP contribution in [0.2, 0.25) is 0 Å². The Hall–Kier alpha value is -2.04. The minimum atomic E-state index is 0.825. The Balaban J connectivity index is 1.90. The number of rotatable bonds is 8. The van der Waals surface area contributed by atoms with Crippen molar-refractivity contribution in [1.82, 2.24) is 9.80 Å². The van der Waals surface area contributed by atoms with Crippen molar-refractivity contribution < 1.29 is 9.47 Å².